The predicted octanol–water partition coefficient (Wildman–Crippen LogP) is 3.74. The number of pyridine rings is 1. The number of hydrogen-bond donors (Lipinski definition) is 1. The fourth-order valence-electron chi connectivity index (χ4n) is 2.34. The molecule has 0 amide bonds. The van der Waals surface area contributed by atoms with E-state index >= 15 is 0 Å². The monoisotopic (exact) mass is 517 g/mol. The van der Waals surface area contributed by atoms with Crippen LogP contribution in [0.1, 0.15) is 11.1 Å². The first kappa shape index (κ1) is 21.7. The highest BCUT2D eigenvalue weighted by molar-refractivity contribution is 14.0. The van der Waals surface area contributed by atoms with E-state index in [1.54, 1.807) is 7.05 Å². The number of benzene rings is 1. The maximum absolute atomic E-state index is 4.38. The third-order valence-electron chi connectivity index (χ3n) is 3.66. The summed E-state index contributed by atoms with van der Waals surface area (Å²) in [5, 5.41) is 3.41. The fraction of sp³-hybridized carbons (Fsp3) is 0.333. The zero-order valence-electron chi connectivity index (χ0n) is 15.0. The van der Waals surface area contributed by atoms with Gasteiger partial charge in [-0.2, -0.15) is 0 Å². The maximum atomic E-state index is 4.38. The number of halogens is 2. The van der Waals surface area contributed by atoms with Gasteiger partial charge in [-0.05, 0) is 29.3 Å². The Bertz CT molecular complexity index is 705. The van der Waals surface area contributed by atoms with Crippen molar-refractivity contribution in [3.63, 3.8) is 0 Å². The van der Waals surface area contributed by atoms with E-state index in [9.17, 15) is 0 Å². The van der Waals surface area contributed by atoms with Gasteiger partial charge in [0.05, 0.1) is 0 Å². The van der Waals surface area contributed by atoms with Gasteiger partial charge in [0.2, 0.25) is 0 Å². The number of guanidine groups is 1. The molecule has 0 saturated carbocycles. The van der Waals surface area contributed by atoms with Crippen LogP contribution in [0.25, 0.3) is 0 Å². The highest BCUT2D eigenvalue weighted by atomic mass is 127. The Morgan fingerprint density at radius 1 is 1.20 bits per heavy atom. The van der Waals surface area contributed by atoms with Crippen molar-refractivity contribution in [3.8, 4) is 0 Å². The second kappa shape index (κ2) is 10.6. The molecule has 0 fully saturated rings. The van der Waals surface area contributed by atoms with Crippen LogP contribution >= 0.6 is 39.9 Å². The number of hydrogen-bond acceptors (Lipinski definition) is 3. The fourth-order valence-corrected chi connectivity index (χ4v) is 2.75. The number of rotatable bonds is 5. The molecular formula is C18H25BrIN5. The molecule has 136 valence electrons. The molecule has 25 heavy (non-hydrogen) atoms. The van der Waals surface area contributed by atoms with Gasteiger partial charge >= 0.3 is 0 Å². The quantitative estimate of drug-likeness (QED) is 0.373. The molecule has 1 aromatic carbocycles. The smallest absolute Gasteiger partial charge is 0.193 e. The second-order valence-electron chi connectivity index (χ2n) is 5.76. The van der Waals surface area contributed by atoms with Gasteiger partial charge in [-0.15, -0.1) is 24.0 Å². The van der Waals surface area contributed by atoms with Gasteiger partial charge in [-0.3, -0.25) is 4.99 Å². The van der Waals surface area contributed by atoms with Crippen molar-refractivity contribution in [2.24, 2.45) is 4.99 Å². The van der Waals surface area contributed by atoms with E-state index < -0.39 is 0 Å². The molecule has 1 aromatic heterocycles. The normalized spacial score (nSPS) is 10.8. The molecule has 0 spiro atoms. The van der Waals surface area contributed by atoms with Crippen molar-refractivity contribution in [2.45, 2.75) is 13.1 Å². The minimum atomic E-state index is 0. The number of anilines is 1. The van der Waals surface area contributed by atoms with Crippen LogP contribution in [0.5, 0.6) is 0 Å². The molecule has 1 N–H and O–H groups in total. The predicted molar refractivity (Wildman–Crippen MR) is 120 cm³/mol. The minimum absolute atomic E-state index is 0. The average molecular weight is 518 g/mol. The first-order chi connectivity index (χ1) is 11.5. The van der Waals surface area contributed by atoms with Crippen molar-refractivity contribution in [1.82, 2.24) is 15.2 Å². The van der Waals surface area contributed by atoms with Crippen LogP contribution in [0.4, 0.5) is 5.82 Å². The summed E-state index contributed by atoms with van der Waals surface area (Å²) in [6.07, 6.45) is 1.83. The van der Waals surface area contributed by atoms with Crippen LogP contribution in [0, 0.1) is 0 Å². The number of aliphatic imine (C=N–C) groups is 1. The number of nitrogens with one attached hydrogen (secondary N) is 1. The zero-order valence-corrected chi connectivity index (χ0v) is 18.9. The molecular weight excluding hydrogens is 493 g/mol. The SMILES string of the molecule is CN=C(NCc1ccnc(N(C)C)c1)N(C)Cc1ccccc1Br.I. The Hall–Kier alpha value is -1.35. The van der Waals surface area contributed by atoms with Crippen molar-refractivity contribution in [2.75, 3.05) is 33.1 Å². The molecule has 2 aromatic rings. The van der Waals surface area contributed by atoms with Crippen LogP contribution in [-0.2, 0) is 13.1 Å². The lowest BCUT2D eigenvalue weighted by molar-refractivity contribution is 0.475. The maximum Gasteiger partial charge on any atom is 0.193 e. The average Bonchev–Trinajstić information content (AvgIpc) is 2.57. The molecule has 0 aliphatic heterocycles. The van der Waals surface area contributed by atoms with Crippen LogP contribution in [-0.4, -0.2) is 44.0 Å². The van der Waals surface area contributed by atoms with Gasteiger partial charge in [-0.1, -0.05) is 34.1 Å². The molecule has 0 saturated heterocycles. The first-order valence-corrected chi connectivity index (χ1v) is 8.58. The first-order valence-electron chi connectivity index (χ1n) is 7.78. The van der Waals surface area contributed by atoms with E-state index in [2.05, 4.69) is 54.3 Å². The molecule has 0 unspecified atom stereocenters. The summed E-state index contributed by atoms with van der Waals surface area (Å²) in [6.45, 7) is 1.48. The van der Waals surface area contributed by atoms with E-state index in [0.29, 0.717) is 6.54 Å². The van der Waals surface area contributed by atoms with Crippen molar-refractivity contribution >= 4 is 51.7 Å². The summed E-state index contributed by atoms with van der Waals surface area (Å²) < 4.78 is 1.11. The highest BCUT2D eigenvalue weighted by Gasteiger charge is 2.09. The largest absolute Gasteiger partial charge is 0.363 e. The van der Waals surface area contributed by atoms with E-state index in [0.717, 1.165) is 22.8 Å². The molecule has 0 bridgehead atoms. The molecule has 5 nitrogen and oxygen atoms in total. The van der Waals surface area contributed by atoms with Crippen LogP contribution in [0.2, 0.25) is 0 Å². The van der Waals surface area contributed by atoms with Crippen molar-refractivity contribution in [3.05, 3.63) is 58.2 Å². The summed E-state index contributed by atoms with van der Waals surface area (Å²) in [7, 11) is 7.82. The summed E-state index contributed by atoms with van der Waals surface area (Å²) in [4.78, 5) is 12.8. The third kappa shape index (κ3) is 6.47. The number of nitrogens with zero attached hydrogens (tertiary/aromatic N) is 4. The molecule has 2 rings (SSSR count). The highest BCUT2D eigenvalue weighted by Crippen LogP contribution is 2.17. The van der Waals surface area contributed by atoms with Crippen LogP contribution in [0.3, 0.4) is 0 Å². The third-order valence-corrected chi connectivity index (χ3v) is 4.43. The van der Waals surface area contributed by atoms with E-state index in [1.165, 1.54) is 11.1 Å². The Morgan fingerprint density at radius 2 is 1.92 bits per heavy atom. The molecule has 0 aliphatic carbocycles. The van der Waals surface area contributed by atoms with Crippen molar-refractivity contribution < 1.29 is 0 Å². The van der Waals surface area contributed by atoms with E-state index in [-0.39, 0.29) is 24.0 Å². The van der Waals surface area contributed by atoms with E-state index in [4.69, 9.17) is 0 Å². The molecule has 0 radical (unpaired) electrons. The summed E-state index contributed by atoms with van der Waals surface area (Å²) in [5.41, 5.74) is 2.39. The van der Waals surface area contributed by atoms with Gasteiger partial charge in [0.25, 0.3) is 0 Å². The lowest BCUT2D eigenvalue weighted by Crippen LogP contribution is -2.38. The van der Waals surface area contributed by atoms with Crippen LogP contribution in [0.15, 0.2) is 52.1 Å². The summed E-state index contributed by atoms with van der Waals surface area (Å²) >= 11 is 3.59. The Kier molecular flexibility index (Phi) is 9.20. The molecule has 7 heteroatoms. The van der Waals surface area contributed by atoms with Gasteiger partial charge < -0.3 is 15.1 Å². The van der Waals surface area contributed by atoms with Crippen molar-refractivity contribution in [1.29, 1.82) is 0 Å². The standard InChI is InChI=1S/C18H24BrN5.HI/c1-20-18(24(4)13-15-7-5-6-8-16(15)19)22-12-14-9-10-21-17(11-14)23(2)3;/h5-11H,12-13H2,1-4H3,(H,20,22);1H. The van der Waals surface area contributed by atoms with Gasteiger partial charge in [-0.25, -0.2) is 4.98 Å². The molecule has 1 heterocycles. The molecule has 0 atom stereocenters. The Balaban J connectivity index is 0.00000312. The lowest BCUT2D eigenvalue weighted by atomic mass is 10.2. The topological polar surface area (TPSA) is 43.8 Å². The second-order valence-corrected chi connectivity index (χ2v) is 6.62. The summed E-state index contributed by atoms with van der Waals surface area (Å²) in [5.74, 6) is 1.81. The number of aromatic nitrogens is 1. The van der Waals surface area contributed by atoms with Gasteiger partial charge in [0.15, 0.2) is 5.96 Å². The van der Waals surface area contributed by atoms with E-state index in [1.807, 2.05) is 50.4 Å². The summed E-state index contributed by atoms with van der Waals surface area (Å²) in [6, 6.07) is 12.3. The van der Waals surface area contributed by atoms with Gasteiger partial charge in [0, 0.05) is 51.9 Å². The Labute approximate surface area is 175 Å². The van der Waals surface area contributed by atoms with Gasteiger partial charge in [0.1, 0.15) is 5.82 Å². The minimum Gasteiger partial charge on any atom is -0.363 e. The van der Waals surface area contributed by atoms with Crippen LogP contribution < -0.4 is 10.2 Å². The Morgan fingerprint density at radius 3 is 2.56 bits per heavy atom. The zero-order chi connectivity index (χ0) is 17.5. The molecule has 0 aliphatic rings. The lowest BCUT2D eigenvalue weighted by Gasteiger charge is -2.23.